The van der Waals surface area contributed by atoms with E-state index in [9.17, 15) is 18.3 Å². The van der Waals surface area contributed by atoms with Crippen LogP contribution in [0, 0.1) is 6.92 Å². The molecule has 0 radical (unpaired) electrons. The first-order valence-corrected chi connectivity index (χ1v) is 11.0. The van der Waals surface area contributed by atoms with Crippen molar-refractivity contribution in [3.05, 3.63) is 63.9 Å². The van der Waals surface area contributed by atoms with Crippen molar-refractivity contribution in [1.82, 2.24) is 9.29 Å². The smallest absolute Gasteiger partial charge is 0.252 e. The summed E-state index contributed by atoms with van der Waals surface area (Å²) in [5, 5.41) is 10.1. The van der Waals surface area contributed by atoms with Gasteiger partial charge in [0.1, 0.15) is 13.2 Å². The largest absolute Gasteiger partial charge is 0.486 e. The van der Waals surface area contributed by atoms with Crippen molar-refractivity contribution in [3.63, 3.8) is 0 Å². The molecule has 0 aliphatic carbocycles. The lowest BCUT2D eigenvalue weighted by atomic mass is 10.1. The van der Waals surface area contributed by atoms with Crippen molar-refractivity contribution >= 4 is 20.9 Å². The lowest BCUT2D eigenvalue weighted by Crippen LogP contribution is -2.35. The summed E-state index contributed by atoms with van der Waals surface area (Å²) in [6.07, 6.45) is 0. The highest BCUT2D eigenvalue weighted by molar-refractivity contribution is 7.89. The van der Waals surface area contributed by atoms with E-state index in [0.29, 0.717) is 35.6 Å². The van der Waals surface area contributed by atoms with Gasteiger partial charge in [-0.05, 0) is 31.2 Å². The molecule has 3 aromatic rings. The molecule has 0 fully saturated rings. The molecule has 2 heterocycles. The predicted octanol–water partition coefficient (Wildman–Crippen LogP) is 1.79. The number of fused-ring (bicyclic) bond motifs is 2. The average Bonchev–Trinajstić information content (AvgIpc) is 2.73. The first-order valence-electron chi connectivity index (χ1n) is 9.52. The van der Waals surface area contributed by atoms with Gasteiger partial charge in [0.2, 0.25) is 10.0 Å². The summed E-state index contributed by atoms with van der Waals surface area (Å²) in [5.74, 6) is 1.13. The van der Waals surface area contributed by atoms with Crippen molar-refractivity contribution in [2.45, 2.75) is 18.4 Å². The van der Waals surface area contributed by atoms with E-state index in [4.69, 9.17) is 9.47 Å². The van der Waals surface area contributed by atoms with E-state index >= 15 is 0 Å². The first kappa shape index (κ1) is 20.4. The molecule has 2 N–H and O–H groups in total. The second kappa shape index (κ2) is 8.10. The Bertz CT molecular complexity index is 1230. The molecule has 0 bridgehead atoms. The van der Waals surface area contributed by atoms with Crippen molar-refractivity contribution < 1.29 is 23.0 Å². The molecule has 0 unspecified atom stereocenters. The number of benzene rings is 2. The normalized spacial score (nSPS) is 13.7. The number of pyridine rings is 1. The molecule has 1 aliphatic heterocycles. The number of sulfonamides is 1. The number of aliphatic hydroxyl groups is 1. The Kier molecular flexibility index (Phi) is 5.50. The van der Waals surface area contributed by atoms with E-state index in [1.165, 1.54) is 12.1 Å². The molecule has 0 saturated carbocycles. The van der Waals surface area contributed by atoms with Gasteiger partial charge >= 0.3 is 0 Å². The highest BCUT2D eigenvalue weighted by Crippen LogP contribution is 2.33. The fraction of sp³-hybridized carbons (Fsp3) is 0.286. The van der Waals surface area contributed by atoms with Gasteiger partial charge in [0.25, 0.3) is 5.56 Å². The minimum atomic E-state index is -3.89. The van der Waals surface area contributed by atoms with Crippen LogP contribution in [0.1, 0.15) is 11.1 Å². The fourth-order valence-electron chi connectivity index (χ4n) is 3.35. The fourth-order valence-corrected chi connectivity index (χ4v) is 4.76. The minimum Gasteiger partial charge on any atom is -0.486 e. The lowest BCUT2D eigenvalue weighted by Gasteiger charge is -2.22. The van der Waals surface area contributed by atoms with Gasteiger partial charge in [-0.3, -0.25) is 4.79 Å². The molecule has 8 nitrogen and oxygen atoms in total. The summed E-state index contributed by atoms with van der Waals surface area (Å²) in [6, 6.07) is 11.5. The molecule has 4 rings (SSSR count). The summed E-state index contributed by atoms with van der Waals surface area (Å²) in [6.45, 7) is 2.08. The summed E-state index contributed by atoms with van der Waals surface area (Å²) >= 11 is 0. The Morgan fingerprint density at radius 3 is 2.40 bits per heavy atom. The molecule has 1 aromatic heterocycles. The molecule has 9 heteroatoms. The van der Waals surface area contributed by atoms with E-state index in [0.717, 1.165) is 9.87 Å². The third kappa shape index (κ3) is 3.91. The molecule has 2 aromatic carbocycles. The molecule has 0 atom stereocenters. The molecular weight excluding hydrogens is 408 g/mol. The van der Waals surface area contributed by atoms with E-state index < -0.39 is 15.6 Å². The number of nitrogens with one attached hydrogen (secondary N) is 1. The standard InChI is InChI=1S/C21H22N2O6S/c1-14-2-4-17(5-3-14)30(26,27)23(6-7-24)13-16-10-15-11-19-20(29-9-8-28-19)12-18(15)22-21(16)25/h2-5,10-12,24H,6-9,13H2,1H3,(H,22,25). The maximum Gasteiger partial charge on any atom is 0.252 e. The maximum atomic E-state index is 13.1. The monoisotopic (exact) mass is 430 g/mol. The van der Waals surface area contributed by atoms with Crippen LogP contribution in [0.4, 0.5) is 0 Å². The Balaban J connectivity index is 1.71. The van der Waals surface area contributed by atoms with Gasteiger partial charge in [0.15, 0.2) is 11.5 Å². The van der Waals surface area contributed by atoms with E-state index in [2.05, 4.69) is 4.98 Å². The summed E-state index contributed by atoms with van der Waals surface area (Å²) in [4.78, 5) is 15.5. The van der Waals surface area contributed by atoms with Crippen molar-refractivity contribution in [2.24, 2.45) is 0 Å². The number of hydrogen-bond acceptors (Lipinski definition) is 6. The van der Waals surface area contributed by atoms with Gasteiger partial charge in [0.05, 0.1) is 17.0 Å². The Morgan fingerprint density at radius 1 is 1.07 bits per heavy atom. The molecule has 0 amide bonds. The minimum absolute atomic E-state index is 0.110. The van der Waals surface area contributed by atoms with Crippen LogP contribution in [-0.2, 0) is 16.6 Å². The zero-order chi connectivity index (χ0) is 21.3. The van der Waals surface area contributed by atoms with Crippen LogP contribution < -0.4 is 15.0 Å². The lowest BCUT2D eigenvalue weighted by molar-refractivity contribution is 0.172. The van der Waals surface area contributed by atoms with Crippen LogP contribution in [0.5, 0.6) is 11.5 Å². The van der Waals surface area contributed by atoms with Gasteiger partial charge in [-0.2, -0.15) is 4.31 Å². The molecule has 158 valence electrons. The molecular formula is C21H22N2O6S. The zero-order valence-electron chi connectivity index (χ0n) is 16.4. The number of aromatic nitrogens is 1. The van der Waals surface area contributed by atoms with Crippen LogP contribution in [0.15, 0.2) is 52.2 Å². The van der Waals surface area contributed by atoms with E-state index in [-0.39, 0.29) is 30.2 Å². The van der Waals surface area contributed by atoms with Crippen LogP contribution in [-0.4, -0.2) is 49.2 Å². The Hall–Kier alpha value is -2.88. The van der Waals surface area contributed by atoms with E-state index in [1.54, 1.807) is 30.3 Å². The third-order valence-corrected chi connectivity index (χ3v) is 6.80. The number of hydrogen-bond donors (Lipinski definition) is 2. The van der Waals surface area contributed by atoms with Gasteiger partial charge < -0.3 is 19.6 Å². The van der Waals surface area contributed by atoms with E-state index in [1.807, 2.05) is 6.92 Å². The van der Waals surface area contributed by atoms with Gasteiger partial charge in [-0.25, -0.2) is 8.42 Å². The zero-order valence-corrected chi connectivity index (χ0v) is 17.2. The van der Waals surface area contributed by atoms with Crippen LogP contribution in [0.25, 0.3) is 10.9 Å². The van der Waals surface area contributed by atoms with Crippen molar-refractivity contribution in [1.29, 1.82) is 0 Å². The summed E-state index contributed by atoms with van der Waals surface area (Å²) in [5.41, 5.74) is 1.37. The van der Waals surface area contributed by atoms with Crippen molar-refractivity contribution in [3.8, 4) is 11.5 Å². The second-order valence-electron chi connectivity index (χ2n) is 7.08. The molecule has 0 spiro atoms. The highest BCUT2D eigenvalue weighted by atomic mass is 32.2. The number of aromatic amines is 1. The van der Waals surface area contributed by atoms with Gasteiger partial charge in [-0.1, -0.05) is 17.7 Å². The van der Waals surface area contributed by atoms with Crippen LogP contribution >= 0.6 is 0 Å². The Labute approximate surface area is 173 Å². The summed E-state index contributed by atoms with van der Waals surface area (Å²) < 4.78 is 38.4. The maximum absolute atomic E-state index is 13.1. The number of H-pyrrole nitrogens is 1. The van der Waals surface area contributed by atoms with Crippen molar-refractivity contribution in [2.75, 3.05) is 26.4 Å². The number of nitrogens with zero attached hydrogens (tertiary/aromatic N) is 1. The number of aliphatic hydroxyl groups excluding tert-OH is 1. The first-order chi connectivity index (χ1) is 14.4. The molecule has 0 saturated heterocycles. The highest BCUT2D eigenvalue weighted by Gasteiger charge is 2.25. The van der Waals surface area contributed by atoms with Crippen LogP contribution in [0.2, 0.25) is 0 Å². The second-order valence-corrected chi connectivity index (χ2v) is 9.02. The quantitative estimate of drug-likeness (QED) is 0.617. The Morgan fingerprint density at radius 2 is 1.73 bits per heavy atom. The van der Waals surface area contributed by atoms with Gasteiger partial charge in [-0.15, -0.1) is 0 Å². The topological polar surface area (TPSA) is 109 Å². The number of aryl methyl sites for hydroxylation is 1. The molecule has 30 heavy (non-hydrogen) atoms. The number of rotatable bonds is 6. The summed E-state index contributed by atoms with van der Waals surface area (Å²) in [7, 11) is -3.89. The SMILES string of the molecule is Cc1ccc(S(=O)(=O)N(CCO)Cc2cc3cc4c(cc3[nH]c2=O)OCCO4)cc1. The molecule has 1 aliphatic rings. The van der Waals surface area contributed by atoms with Crippen LogP contribution in [0.3, 0.4) is 0 Å². The third-order valence-electron chi connectivity index (χ3n) is 4.94. The number of ether oxygens (including phenoxy) is 2. The average molecular weight is 430 g/mol. The van der Waals surface area contributed by atoms with Gasteiger partial charge in [0, 0.05) is 30.1 Å². The predicted molar refractivity (Wildman–Crippen MR) is 111 cm³/mol.